The molecule has 0 saturated heterocycles. The van der Waals surface area contributed by atoms with E-state index >= 15 is 0 Å². The number of hydrogen-bond acceptors (Lipinski definition) is 3. The average Bonchev–Trinajstić information content (AvgIpc) is 2.48. The molecule has 0 saturated carbocycles. The van der Waals surface area contributed by atoms with Crippen LogP contribution in [-0.4, -0.2) is 22.0 Å². The lowest BCUT2D eigenvalue weighted by Crippen LogP contribution is -2.09. The molecule has 0 aliphatic carbocycles. The number of nitrogens with zero attached hydrogens (tertiary/aromatic N) is 2. The summed E-state index contributed by atoms with van der Waals surface area (Å²) in [6.07, 6.45) is 1.19. The molecular weight excluding hydrogens is 216 g/mol. The number of aliphatic hydroxyl groups is 1. The van der Waals surface area contributed by atoms with E-state index in [-0.39, 0.29) is 5.41 Å². The van der Waals surface area contributed by atoms with Crippen molar-refractivity contribution in [1.29, 1.82) is 0 Å². The Kier molecular flexibility index (Phi) is 4.20. The van der Waals surface area contributed by atoms with Gasteiger partial charge in [-0.3, -0.25) is 0 Å². The monoisotopic (exact) mass is 240 g/mol. The molecular formula is C13H24N2O2. The molecule has 1 aromatic rings. The van der Waals surface area contributed by atoms with Crippen LogP contribution in [-0.2, 0) is 7.05 Å². The lowest BCUT2D eigenvalue weighted by atomic mass is 9.88. The van der Waals surface area contributed by atoms with Gasteiger partial charge in [-0.05, 0) is 25.2 Å². The molecule has 17 heavy (non-hydrogen) atoms. The molecule has 4 heteroatoms. The Morgan fingerprint density at radius 2 is 2.00 bits per heavy atom. The van der Waals surface area contributed by atoms with Gasteiger partial charge in [0.15, 0.2) is 0 Å². The molecule has 1 aromatic heterocycles. The summed E-state index contributed by atoms with van der Waals surface area (Å²) in [5.74, 6) is 0.656. The summed E-state index contributed by atoms with van der Waals surface area (Å²) in [6, 6.07) is 0. The minimum atomic E-state index is -0.502. The predicted molar refractivity (Wildman–Crippen MR) is 68.1 cm³/mol. The average molecular weight is 240 g/mol. The lowest BCUT2D eigenvalue weighted by Gasteiger charge is -2.20. The molecule has 0 amide bonds. The van der Waals surface area contributed by atoms with Gasteiger partial charge in [0.2, 0.25) is 5.88 Å². The second-order valence-electron chi connectivity index (χ2n) is 5.75. The molecule has 1 atom stereocenters. The van der Waals surface area contributed by atoms with Gasteiger partial charge >= 0.3 is 0 Å². The number of aryl methyl sites for hydroxylation is 2. The van der Waals surface area contributed by atoms with Crippen LogP contribution >= 0.6 is 0 Å². The molecule has 4 nitrogen and oxygen atoms in total. The van der Waals surface area contributed by atoms with E-state index < -0.39 is 6.10 Å². The minimum Gasteiger partial charge on any atom is -0.481 e. The van der Waals surface area contributed by atoms with Crippen molar-refractivity contribution in [3.8, 4) is 5.88 Å². The van der Waals surface area contributed by atoms with Crippen molar-refractivity contribution in [2.45, 2.75) is 46.6 Å². The Bertz CT molecular complexity index is 378. The third kappa shape index (κ3) is 3.46. The van der Waals surface area contributed by atoms with Crippen molar-refractivity contribution in [2.75, 3.05) is 7.11 Å². The molecule has 1 heterocycles. The van der Waals surface area contributed by atoms with Crippen LogP contribution in [0.15, 0.2) is 0 Å². The second kappa shape index (κ2) is 5.08. The molecule has 1 unspecified atom stereocenters. The number of methoxy groups -OCH3 is 1. The first-order valence-electron chi connectivity index (χ1n) is 6.02. The topological polar surface area (TPSA) is 47.3 Å². The van der Waals surface area contributed by atoms with Gasteiger partial charge in [0.1, 0.15) is 0 Å². The van der Waals surface area contributed by atoms with E-state index in [0.29, 0.717) is 5.88 Å². The fraction of sp³-hybridized carbons (Fsp3) is 0.769. The largest absolute Gasteiger partial charge is 0.481 e. The van der Waals surface area contributed by atoms with Crippen molar-refractivity contribution in [2.24, 2.45) is 12.5 Å². The van der Waals surface area contributed by atoms with E-state index in [1.54, 1.807) is 11.8 Å². The van der Waals surface area contributed by atoms with Crippen LogP contribution in [0.25, 0.3) is 0 Å². The zero-order chi connectivity index (χ0) is 13.2. The van der Waals surface area contributed by atoms with Crippen molar-refractivity contribution in [3.63, 3.8) is 0 Å². The standard InChI is InChI=1S/C13H24N2O2/c1-9-11(12(17-6)15(5)14-9)10(16)7-8-13(2,3)4/h10,16H,7-8H2,1-6H3. The molecule has 0 radical (unpaired) electrons. The van der Waals surface area contributed by atoms with E-state index in [1.807, 2.05) is 14.0 Å². The summed E-state index contributed by atoms with van der Waals surface area (Å²) in [4.78, 5) is 0. The fourth-order valence-corrected chi connectivity index (χ4v) is 1.99. The van der Waals surface area contributed by atoms with Gasteiger partial charge in [-0.15, -0.1) is 0 Å². The van der Waals surface area contributed by atoms with E-state index in [9.17, 15) is 5.11 Å². The van der Waals surface area contributed by atoms with E-state index in [4.69, 9.17) is 4.74 Å². The Morgan fingerprint density at radius 1 is 1.41 bits per heavy atom. The Balaban J connectivity index is 2.85. The van der Waals surface area contributed by atoms with Crippen LogP contribution in [0.1, 0.15) is 51.0 Å². The summed E-state index contributed by atoms with van der Waals surface area (Å²) in [5.41, 5.74) is 1.88. The molecule has 0 aliphatic rings. The van der Waals surface area contributed by atoms with E-state index in [2.05, 4.69) is 25.9 Å². The van der Waals surface area contributed by atoms with Crippen molar-refractivity contribution < 1.29 is 9.84 Å². The third-order valence-corrected chi connectivity index (χ3v) is 2.91. The van der Waals surface area contributed by atoms with Crippen LogP contribution < -0.4 is 4.74 Å². The van der Waals surface area contributed by atoms with Crippen LogP contribution in [0.4, 0.5) is 0 Å². The summed E-state index contributed by atoms with van der Waals surface area (Å²) in [7, 11) is 3.43. The normalized spacial score (nSPS) is 13.8. The highest BCUT2D eigenvalue weighted by atomic mass is 16.5. The van der Waals surface area contributed by atoms with Gasteiger partial charge in [-0.2, -0.15) is 5.10 Å². The van der Waals surface area contributed by atoms with Crippen molar-refractivity contribution in [3.05, 3.63) is 11.3 Å². The molecule has 0 aromatic carbocycles. The first kappa shape index (κ1) is 14.0. The molecule has 0 spiro atoms. The van der Waals surface area contributed by atoms with Gasteiger partial charge in [-0.1, -0.05) is 20.8 Å². The number of hydrogen-bond donors (Lipinski definition) is 1. The summed E-state index contributed by atoms with van der Waals surface area (Å²) in [6.45, 7) is 8.42. The number of aliphatic hydroxyl groups excluding tert-OH is 1. The highest BCUT2D eigenvalue weighted by molar-refractivity contribution is 5.33. The van der Waals surface area contributed by atoms with Crippen molar-refractivity contribution >= 4 is 0 Å². The third-order valence-electron chi connectivity index (χ3n) is 2.91. The van der Waals surface area contributed by atoms with E-state index in [1.165, 1.54) is 0 Å². The molecule has 0 aliphatic heterocycles. The maximum absolute atomic E-state index is 10.3. The molecule has 0 bridgehead atoms. The summed E-state index contributed by atoms with van der Waals surface area (Å²) >= 11 is 0. The number of rotatable bonds is 4. The fourth-order valence-electron chi connectivity index (χ4n) is 1.99. The Hall–Kier alpha value is -1.03. The molecule has 98 valence electrons. The van der Waals surface area contributed by atoms with Gasteiger partial charge in [-0.25, -0.2) is 4.68 Å². The number of aromatic nitrogens is 2. The van der Waals surface area contributed by atoms with E-state index in [0.717, 1.165) is 24.1 Å². The van der Waals surface area contributed by atoms with Gasteiger partial charge < -0.3 is 9.84 Å². The number of ether oxygens (including phenoxy) is 1. The lowest BCUT2D eigenvalue weighted by molar-refractivity contribution is 0.143. The molecule has 1 rings (SSSR count). The van der Waals surface area contributed by atoms with Gasteiger partial charge in [0.25, 0.3) is 0 Å². The minimum absolute atomic E-state index is 0.227. The highest BCUT2D eigenvalue weighted by Gasteiger charge is 2.23. The predicted octanol–water partition coefficient (Wildman–Crippen LogP) is 2.60. The smallest absolute Gasteiger partial charge is 0.217 e. The Morgan fingerprint density at radius 3 is 2.47 bits per heavy atom. The summed E-state index contributed by atoms with van der Waals surface area (Å²) < 4.78 is 6.96. The van der Waals surface area contributed by atoms with Gasteiger partial charge in [0.05, 0.1) is 24.5 Å². The quantitative estimate of drug-likeness (QED) is 0.880. The van der Waals surface area contributed by atoms with Crippen LogP contribution in [0.2, 0.25) is 0 Å². The molecule has 0 fully saturated rings. The second-order valence-corrected chi connectivity index (χ2v) is 5.75. The zero-order valence-electron chi connectivity index (χ0n) is 11.7. The maximum atomic E-state index is 10.3. The zero-order valence-corrected chi connectivity index (χ0v) is 11.7. The maximum Gasteiger partial charge on any atom is 0.217 e. The Labute approximate surface area is 104 Å². The highest BCUT2D eigenvalue weighted by Crippen LogP contribution is 2.33. The van der Waals surface area contributed by atoms with Crippen LogP contribution in [0.3, 0.4) is 0 Å². The van der Waals surface area contributed by atoms with Crippen LogP contribution in [0.5, 0.6) is 5.88 Å². The first-order chi connectivity index (χ1) is 7.76. The van der Waals surface area contributed by atoms with Gasteiger partial charge in [0, 0.05) is 7.05 Å². The summed E-state index contributed by atoms with van der Waals surface area (Å²) in [5, 5.41) is 14.5. The van der Waals surface area contributed by atoms with Crippen LogP contribution in [0, 0.1) is 12.3 Å². The SMILES string of the molecule is COc1c(C(O)CCC(C)(C)C)c(C)nn1C. The molecule has 1 N–H and O–H groups in total. The van der Waals surface area contributed by atoms with Crippen molar-refractivity contribution in [1.82, 2.24) is 9.78 Å². The first-order valence-corrected chi connectivity index (χ1v) is 6.02.